The van der Waals surface area contributed by atoms with E-state index in [0.29, 0.717) is 19.1 Å². The zero-order valence-electron chi connectivity index (χ0n) is 9.03. The number of anilines is 1. The van der Waals surface area contributed by atoms with E-state index >= 15 is 0 Å². The van der Waals surface area contributed by atoms with E-state index in [4.69, 9.17) is 10.6 Å². The minimum absolute atomic E-state index is 0.513. The Morgan fingerprint density at radius 3 is 2.69 bits per heavy atom. The first-order valence-corrected chi connectivity index (χ1v) is 5.58. The van der Waals surface area contributed by atoms with Crippen LogP contribution in [0, 0.1) is 0 Å². The third-order valence-corrected chi connectivity index (χ3v) is 2.34. The Kier molecular flexibility index (Phi) is 5.84. The quantitative estimate of drug-likeness (QED) is 0.257. The molecule has 1 aromatic rings. The Hall–Kier alpha value is -1.11. The summed E-state index contributed by atoms with van der Waals surface area (Å²) in [6, 6.07) is 7.72. The molecule has 0 atom stereocenters. The fourth-order valence-corrected chi connectivity index (χ4v) is 1.30. The molecule has 0 heterocycles. The van der Waals surface area contributed by atoms with Crippen LogP contribution in [0.25, 0.3) is 0 Å². The normalized spacial score (nSPS) is 11.3. The molecule has 0 aliphatic carbocycles. The number of ether oxygens (including phenoxy) is 1. The number of rotatable bonds is 4. The molecule has 16 heavy (non-hydrogen) atoms. The molecule has 0 aliphatic heterocycles. The summed E-state index contributed by atoms with van der Waals surface area (Å²) in [5.74, 6) is 5.85. The van der Waals surface area contributed by atoms with Crippen molar-refractivity contribution in [3.8, 4) is 0 Å². The monoisotopic (exact) mass is 286 g/mol. The molecule has 0 aliphatic rings. The first kappa shape index (κ1) is 13.0. The Bertz CT molecular complexity index is 339. The van der Waals surface area contributed by atoms with Crippen LogP contribution in [0.1, 0.15) is 0 Å². The summed E-state index contributed by atoms with van der Waals surface area (Å²) < 4.78 is 5.92. The summed E-state index contributed by atoms with van der Waals surface area (Å²) in [5, 5.41) is 3.05. The van der Waals surface area contributed by atoms with Crippen molar-refractivity contribution >= 4 is 27.6 Å². The number of guanidine groups is 1. The van der Waals surface area contributed by atoms with Crippen LogP contribution in [0.2, 0.25) is 0 Å². The minimum Gasteiger partial charge on any atom is -0.383 e. The first-order chi connectivity index (χ1) is 7.76. The van der Waals surface area contributed by atoms with E-state index in [9.17, 15) is 0 Å². The number of nitrogens with zero attached hydrogens (tertiary/aromatic N) is 1. The van der Waals surface area contributed by atoms with Gasteiger partial charge in [0, 0.05) is 17.3 Å². The number of halogens is 1. The summed E-state index contributed by atoms with van der Waals surface area (Å²) in [6.45, 7) is 1.12. The largest absolute Gasteiger partial charge is 0.383 e. The average Bonchev–Trinajstić information content (AvgIpc) is 2.31. The highest BCUT2D eigenvalue weighted by atomic mass is 79.9. The van der Waals surface area contributed by atoms with Gasteiger partial charge >= 0.3 is 0 Å². The van der Waals surface area contributed by atoms with Gasteiger partial charge in [-0.2, -0.15) is 0 Å². The van der Waals surface area contributed by atoms with E-state index in [1.54, 1.807) is 7.11 Å². The molecule has 0 saturated heterocycles. The van der Waals surface area contributed by atoms with Gasteiger partial charge in [0.2, 0.25) is 5.96 Å². The van der Waals surface area contributed by atoms with Gasteiger partial charge in [0.25, 0.3) is 0 Å². The van der Waals surface area contributed by atoms with Gasteiger partial charge in [-0.1, -0.05) is 15.9 Å². The third kappa shape index (κ3) is 4.61. The maximum absolute atomic E-state index is 5.34. The van der Waals surface area contributed by atoms with Crippen molar-refractivity contribution in [3.63, 3.8) is 0 Å². The van der Waals surface area contributed by atoms with Gasteiger partial charge in [-0.05, 0) is 24.3 Å². The maximum Gasteiger partial charge on any atom is 0.210 e. The highest BCUT2D eigenvalue weighted by molar-refractivity contribution is 9.10. The second-order valence-corrected chi connectivity index (χ2v) is 3.92. The molecule has 0 bridgehead atoms. The van der Waals surface area contributed by atoms with Crippen LogP contribution in [0.4, 0.5) is 5.69 Å². The molecule has 88 valence electrons. The Morgan fingerprint density at radius 2 is 2.12 bits per heavy atom. The lowest BCUT2D eigenvalue weighted by atomic mass is 10.3. The maximum atomic E-state index is 5.34. The van der Waals surface area contributed by atoms with Crippen molar-refractivity contribution in [1.82, 2.24) is 5.43 Å². The molecule has 0 radical (unpaired) electrons. The Labute approximate surface area is 103 Å². The molecule has 0 saturated carbocycles. The highest BCUT2D eigenvalue weighted by Crippen LogP contribution is 2.13. The van der Waals surface area contributed by atoms with Crippen molar-refractivity contribution in [2.45, 2.75) is 0 Å². The van der Waals surface area contributed by atoms with Gasteiger partial charge in [-0.3, -0.25) is 5.43 Å². The lowest BCUT2D eigenvalue weighted by molar-refractivity contribution is 0.208. The summed E-state index contributed by atoms with van der Waals surface area (Å²) in [7, 11) is 1.63. The van der Waals surface area contributed by atoms with Crippen LogP contribution in [0.3, 0.4) is 0 Å². The van der Waals surface area contributed by atoms with Crippen molar-refractivity contribution in [2.75, 3.05) is 25.6 Å². The molecular formula is C10H15BrN4O. The summed E-state index contributed by atoms with van der Waals surface area (Å²) >= 11 is 3.37. The Morgan fingerprint density at radius 1 is 1.44 bits per heavy atom. The first-order valence-electron chi connectivity index (χ1n) is 4.79. The fourth-order valence-electron chi connectivity index (χ4n) is 1.04. The van der Waals surface area contributed by atoms with Gasteiger partial charge < -0.3 is 10.1 Å². The second-order valence-electron chi connectivity index (χ2n) is 3.00. The van der Waals surface area contributed by atoms with Gasteiger partial charge in [0.05, 0.1) is 13.2 Å². The van der Waals surface area contributed by atoms with Crippen LogP contribution in [0.15, 0.2) is 33.7 Å². The van der Waals surface area contributed by atoms with Crippen molar-refractivity contribution < 1.29 is 4.74 Å². The number of benzene rings is 1. The van der Waals surface area contributed by atoms with Gasteiger partial charge in [-0.15, -0.1) is 0 Å². The number of hydrogen-bond donors (Lipinski definition) is 3. The van der Waals surface area contributed by atoms with Crippen molar-refractivity contribution in [3.05, 3.63) is 28.7 Å². The third-order valence-electron chi connectivity index (χ3n) is 1.81. The molecule has 1 rings (SSSR count). The molecule has 0 spiro atoms. The molecular weight excluding hydrogens is 272 g/mol. The highest BCUT2D eigenvalue weighted by Gasteiger charge is 1.97. The van der Waals surface area contributed by atoms with E-state index in [-0.39, 0.29) is 0 Å². The van der Waals surface area contributed by atoms with Crippen LogP contribution >= 0.6 is 15.9 Å². The number of hydrazine groups is 1. The minimum atomic E-state index is 0.513. The molecule has 6 heteroatoms. The smallest absolute Gasteiger partial charge is 0.210 e. The second kappa shape index (κ2) is 7.21. The summed E-state index contributed by atoms with van der Waals surface area (Å²) in [4.78, 5) is 4.18. The average molecular weight is 287 g/mol. The summed E-state index contributed by atoms with van der Waals surface area (Å²) in [5.41, 5.74) is 3.41. The zero-order valence-corrected chi connectivity index (χ0v) is 10.6. The zero-order chi connectivity index (χ0) is 11.8. The number of hydrogen-bond acceptors (Lipinski definition) is 3. The lowest BCUT2D eigenvalue weighted by Crippen LogP contribution is -2.36. The number of nitrogens with two attached hydrogens (primary N) is 1. The SMILES string of the molecule is COCCN=C(NN)Nc1ccc(Br)cc1. The fraction of sp³-hybridized carbons (Fsp3) is 0.300. The Balaban J connectivity index is 2.55. The predicted octanol–water partition coefficient (Wildman–Crippen LogP) is 1.33. The van der Waals surface area contributed by atoms with E-state index in [0.717, 1.165) is 10.2 Å². The van der Waals surface area contributed by atoms with Crippen LogP contribution in [0.5, 0.6) is 0 Å². The van der Waals surface area contributed by atoms with Crippen molar-refractivity contribution in [2.24, 2.45) is 10.8 Å². The van der Waals surface area contributed by atoms with Crippen LogP contribution in [-0.4, -0.2) is 26.2 Å². The van der Waals surface area contributed by atoms with Gasteiger partial charge in [0.15, 0.2) is 0 Å². The number of methoxy groups -OCH3 is 1. The topological polar surface area (TPSA) is 71.7 Å². The molecule has 4 N–H and O–H groups in total. The molecule has 0 unspecified atom stereocenters. The molecule has 0 fully saturated rings. The van der Waals surface area contributed by atoms with Crippen LogP contribution in [-0.2, 0) is 4.74 Å². The standard InChI is InChI=1S/C10H15BrN4O/c1-16-7-6-13-10(15-12)14-9-4-2-8(11)3-5-9/h2-5H,6-7,12H2,1H3,(H2,13,14,15). The molecule has 0 amide bonds. The van der Waals surface area contributed by atoms with Gasteiger partial charge in [-0.25, -0.2) is 10.8 Å². The number of nitrogens with one attached hydrogen (secondary N) is 2. The van der Waals surface area contributed by atoms with Gasteiger partial charge in [0.1, 0.15) is 0 Å². The molecule has 0 aromatic heterocycles. The predicted molar refractivity (Wildman–Crippen MR) is 69.3 cm³/mol. The van der Waals surface area contributed by atoms with Crippen molar-refractivity contribution in [1.29, 1.82) is 0 Å². The van der Waals surface area contributed by atoms with E-state index < -0.39 is 0 Å². The summed E-state index contributed by atoms with van der Waals surface area (Å²) in [6.07, 6.45) is 0. The molecule has 5 nitrogen and oxygen atoms in total. The van der Waals surface area contributed by atoms with E-state index in [2.05, 4.69) is 31.7 Å². The number of aliphatic imine (C=N–C) groups is 1. The lowest BCUT2D eigenvalue weighted by Gasteiger charge is -2.08. The van der Waals surface area contributed by atoms with E-state index in [1.807, 2.05) is 24.3 Å². The molecule has 1 aromatic carbocycles. The van der Waals surface area contributed by atoms with Crippen LogP contribution < -0.4 is 16.6 Å². The van der Waals surface area contributed by atoms with E-state index in [1.165, 1.54) is 0 Å².